The molecule has 4 nitrogen and oxygen atoms in total. The number of anilines is 1. The third-order valence-electron chi connectivity index (χ3n) is 2.08. The molecule has 0 saturated carbocycles. The Kier molecular flexibility index (Phi) is 4.95. The lowest BCUT2D eigenvalue weighted by Gasteiger charge is -2.09. The molecule has 0 radical (unpaired) electrons. The van der Waals surface area contributed by atoms with Crippen molar-refractivity contribution in [2.24, 2.45) is 5.73 Å². The number of benzene rings is 1. The fourth-order valence-electron chi connectivity index (χ4n) is 1.21. The summed E-state index contributed by atoms with van der Waals surface area (Å²) in [5.74, 6) is -0.187. The van der Waals surface area contributed by atoms with Crippen molar-refractivity contribution in [3.05, 3.63) is 29.8 Å². The van der Waals surface area contributed by atoms with Crippen molar-refractivity contribution in [2.75, 3.05) is 11.9 Å². The molecule has 0 spiro atoms. The van der Waals surface area contributed by atoms with Gasteiger partial charge in [-0.2, -0.15) is 0 Å². The quantitative estimate of drug-likeness (QED) is 0.793. The highest BCUT2D eigenvalue weighted by atomic mass is 16.5. The van der Waals surface area contributed by atoms with Crippen LogP contribution in [0.3, 0.4) is 0 Å². The highest BCUT2D eigenvalue weighted by Crippen LogP contribution is 2.11. The second kappa shape index (κ2) is 6.25. The van der Waals surface area contributed by atoms with Gasteiger partial charge in [-0.15, -0.1) is 0 Å². The van der Waals surface area contributed by atoms with Crippen LogP contribution in [-0.4, -0.2) is 18.6 Å². The van der Waals surface area contributed by atoms with Crippen molar-refractivity contribution in [3.63, 3.8) is 0 Å². The number of rotatable bonds is 5. The maximum absolute atomic E-state index is 11.4. The predicted octanol–water partition coefficient (Wildman–Crippen LogP) is 1.51. The maximum atomic E-state index is 11.4. The Morgan fingerprint density at radius 2 is 2.31 bits per heavy atom. The van der Waals surface area contributed by atoms with Crippen molar-refractivity contribution in [3.8, 4) is 0 Å². The lowest BCUT2D eigenvalue weighted by molar-refractivity contribution is -0.117. The van der Waals surface area contributed by atoms with Crippen LogP contribution in [-0.2, 0) is 16.1 Å². The number of ether oxygens (including phenoxy) is 1. The minimum atomic E-state index is -0.504. The first-order valence-electron chi connectivity index (χ1n) is 5.36. The number of nitrogens with two attached hydrogens (primary N) is 1. The molecule has 1 amide bonds. The molecule has 0 unspecified atom stereocenters. The first-order chi connectivity index (χ1) is 7.63. The van der Waals surface area contributed by atoms with Crippen LogP contribution >= 0.6 is 0 Å². The van der Waals surface area contributed by atoms with E-state index >= 15 is 0 Å². The lowest BCUT2D eigenvalue weighted by Crippen LogP contribution is -2.32. The predicted molar refractivity (Wildman–Crippen MR) is 64.1 cm³/mol. The molecule has 3 N–H and O–H groups in total. The van der Waals surface area contributed by atoms with Gasteiger partial charge in [0.1, 0.15) is 0 Å². The van der Waals surface area contributed by atoms with Gasteiger partial charge in [0.25, 0.3) is 0 Å². The second-order valence-electron chi connectivity index (χ2n) is 3.62. The smallest absolute Gasteiger partial charge is 0.240 e. The summed E-state index contributed by atoms with van der Waals surface area (Å²) in [6.07, 6.45) is 0. The van der Waals surface area contributed by atoms with Crippen molar-refractivity contribution >= 4 is 11.6 Å². The summed E-state index contributed by atoms with van der Waals surface area (Å²) < 4.78 is 5.29. The number of nitrogens with one attached hydrogen (secondary N) is 1. The van der Waals surface area contributed by atoms with Crippen LogP contribution < -0.4 is 11.1 Å². The summed E-state index contributed by atoms with van der Waals surface area (Å²) in [6.45, 7) is 4.83. The van der Waals surface area contributed by atoms with Crippen LogP contribution in [0.4, 0.5) is 5.69 Å². The van der Waals surface area contributed by atoms with Gasteiger partial charge < -0.3 is 15.8 Å². The first kappa shape index (κ1) is 12.7. The summed E-state index contributed by atoms with van der Waals surface area (Å²) in [5, 5.41) is 2.74. The van der Waals surface area contributed by atoms with E-state index in [1.165, 1.54) is 0 Å². The van der Waals surface area contributed by atoms with Crippen molar-refractivity contribution in [2.45, 2.75) is 26.5 Å². The fourth-order valence-corrected chi connectivity index (χ4v) is 1.21. The highest BCUT2D eigenvalue weighted by Gasteiger charge is 2.07. The average molecular weight is 222 g/mol. The van der Waals surface area contributed by atoms with Gasteiger partial charge >= 0.3 is 0 Å². The standard InChI is InChI=1S/C12H18N2O2/c1-3-16-8-10-5-4-6-11(7-10)14-12(15)9(2)13/h4-7,9H,3,8,13H2,1-2H3,(H,14,15)/t9-/m0/s1. The SMILES string of the molecule is CCOCc1cccc(NC(=O)[C@H](C)N)c1. The van der Waals surface area contributed by atoms with E-state index in [0.717, 1.165) is 11.3 Å². The Morgan fingerprint density at radius 1 is 1.56 bits per heavy atom. The molecular weight excluding hydrogens is 204 g/mol. The number of carbonyl (C=O) groups excluding carboxylic acids is 1. The summed E-state index contributed by atoms with van der Waals surface area (Å²) in [7, 11) is 0. The molecule has 0 saturated heterocycles. The van der Waals surface area contributed by atoms with Gasteiger partial charge in [0.05, 0.1) is 12.6 Å². The molecule has 1 atom stereocenters. The van der Waals surface area contributed by atoms with E-state index in [2.05, 4.69) is 5.32 Å². The van der Waals surface area contributed by atoms with Crippen LogP contribution in [0.2, 0.25) is 0 Å². The molecule has 0 aromatic heterocycles. The van der Waals surface area contributed by atoms with E-state index in [1.807, 2.05) is 31.2 Å². The molecule has 16 heavy (non-hydrogen) atoms. The normalized spacial score (nSPS) is 12.2. The molecule has 0 aliphatic rings. The highest BCUT2D eigenvalue weighted by molar-refractivity contribution is 5.94. The van der Waals surface area contributed by atoms with Gasteiger partial charge in [-0.1, -0.05) is 12.1 Å². The summed E-state index contributed by atoms with van der Waals surface area (Å²) >= 11 is 0. The van der Waals surface area contributed by atoms with Crippen LogP contribution in [0.5, 0.6) is 0 Å². The molecule has 0 aliphatic heterocycles. The third kappa shape index (κ3) is 4.00. The number of hydrogen-bond acceptors (Lipinski definition) is 3. The first-order valence-corrected chi connectivity index (χ1v) is 5.36. The number of amides is 1. The Labute approximate surface area is 95.8 Å². The van der Waals surface area contributed by atoms with Crippen molar-refractivity contribution in [1.29, 1.82) is 0 Å². The minimum Gasteiger partial charge on any atom is -0.377 e. The van der Waals surface area contributed by atoms with Gasteiger partial charge in [-0.3, -0.25) is 4.79 Å². The van der Waals surface area contributed by atoms with E-state index in [-0.39, 0.29) is 5.91 Å². The molecule has 88 valence electrons. The Balaban J connectivity index is 2.63. The summed E-state index contributed by atoms with van der Waals surface area (Å²) in [6, 6.07) is 7.05. The van der Waals surface area contributed by atoms with Crippen molar-refractivity contribution in [1.82, 2.24) is 0 Å². The molecule has 0 bridgehead atoms. The van der Waals surface area contributed by atoms with E-state index in [0.29, 0.717) is 13.2 Å². The Bertz CT molecular complexity index is 351. The molecule has 0 fully saturated rings. The van der Waals surface area contributed by atoms with Gasteiger partial charge in [-0.25, -0.2) is 0 Å². The van der Waals surface area contributed by atoms with Crippen LogP contribution in [0, 0.1) is 0 Å². The largest absolute Gasteiger partial charge is 0.377 e. The zero-order chi connectivity index (χ0) is 12.0. The minimum absolute atomic E-state index is 0.187. The van der Waals surface area contributed by atoms with Crippen LogP contribution in [0.1, 0.15) is 19.4 Å². The van der Waals surface area contributed by atoms with Crippen molar-refractivity contribution < 1.29 is 9.53 Å². The monoisotopic (exact) mass is 222 g/mol. The molecule has 4 heteroatoms. The van der Waals surface area contributed by atoms with Gasteiger partial charge in [0.15, 0.2) is 0 Å². The fraction of sp³-hybridized carbons (Fsp3) is 0.417. The second-order valence-corrected chi connectivity index (χ2v) is 3.62. The topological polar surface area (TPSA) is 64.3 Å². The molecule has 0 aliphatic carbocycles. The Morgan fingerprint density at radius 3 is 2.94 bits per heavy atom. The molecule has 1 aromatic carbocycles. The van der Waals surface area contributed by atoms with Crippen LogP contribution in [0.15, 0.2) is 24.3 Å². The lowest BCUT2D eigenvalue weighted by atomic mass is 10.2. The average Bonchev–Trinajstić information content (AvgIpc) is 2.26. The van der Waals surface area contributed by atoms with Gasteiger partial charge in [0, 0.05) is 12.3 Å². The van der Waals surface area contributed by atoms with E-state index in [4.69, 9.17) is 10.5 Å². The molecule has 0 heterocycles. The maximum Gasteiger partial charge on any atom is 0.240 e. The number of hydrogen-bond donors (Lipinski definition) is 2. The molecular formula is C12H18N2O2. The number of carbonyl (C=O) groups is 1. The van der Waals surface area contributed by atoms with E-state index in [1.54, 1.807) is 6.92 Å². The Hall–Kier alpha value is -1.39. The van der Waals surface area contributed by atoms with E-state index in [9.17, 15) is 4.79 Å². The van der Waals surface area contributed by atoms with E-state index < -0.39 is 6.04 Å². The van der Waals surface area contributed by atoms with Gasteiger partial charge in [0.2, 0.25) is 5.91 Å². The third-order valence-corrected chi connectivity index (χ3v) is 2.08. The van der Waals surface area contributed by atoms with Gasteiger partial charge in [-0.05, 0) is 31.5 Å². The van der Waals surface area contributed by atoms with Crippen LogP contribution in [0.25, 0.3) is 0 Å². The molecule has 1 rings (SSSR count). The zero-order valence-corrected chi connectivity index (χ0v) is 9.69. The molecule has 1 aromatic rings. The zero-order valence-electron chi connectivity index (χ0n) is 9.69. The summed E-state index contributed by atoms with van der Waals surface area (Å²) in [5.41, 5.74) is 7.25. The summed E-state index contributed by atoms with van der Waals surface area (Å²) in [4.78, 5) is 11.4.